The van der Waals surface area contributed by atoms with E-state index in [-0.39, 0.29) is 18.1 Å². The van der Waals surface area contributed by atoms with E-state index in [1.54, 1.807) is 24.3 Å². The van der Waals surface area contributed by atoms with Crippen LogP contribution in [0.4, 0.5) is 5.13 Å². The molecule has 5 rings (SSSR count). The van der Waals surface area contributed by atoms with Crippen LogP contribution in [0.1, 0.15) is 34.0 Å². The highest BCUT2D eigenvalue weighted by Crippen LogP contribution is 2.32. The first-order chi connectivity index (χ1) is 16.0. The summed E-state index contributed by atoms with van der Waals surface area (Å²) < 4.78 is 0. The van der Waals surface area contributed by atoms with Crippen LogP contribution in [0.5, 0.6) is 0 Å². The summed E-state index contributed by atoms with van der Waals surface area (Å²) in [5.41, 5.74) is 4.36. The molecule has 8 nitrogen and oxygen atoms in total. The number of nitrogens with zero attached hydrogens (tertiary/aromatic N) is 2. The van der Waals surface area contributed by atoms with Crippen LogP contribution in [0, 0.1) is 0 Å². The number of carbonyl (C=O) groups is 3. The van der Waals surface area contributed by atoms with Crippen LogP contribution in [0.15, 0.2) is 54.0 Å². The van der Waals surface area contributed by atoms with Crippen molar-refractivity contribution in [2.45, 2.75) is 24.8 Å². The van der Waals surface area contributed by atoms with Gasteiger partial charge < -0.3 is 15.6 Å². The van der Waals surface area contributed by atoms with E-state index >= 15 is 0 Å². The third-order valence-corrected chi connectivity index (χ3v) is 6.51. The van der Waals surface area contributed by atoms with Crippen LogP contribution < -0.4 is 10.6 Å². The lowest BCUT2D eigenvalue weighted by atomic mass is 9.77. The van der Waals surface area contributed by atoms with Gasteiger partial charge in [0, 0.05) is 28.8 Å². The van der Waals surface area contributed by atoms with Crippen LogP contribution in [0.3, 0.4) is 0 Å². The van der Waals surface area contributed by atoms with Crippen molar-refractivity contribution in [3.8, 4) is 0 Å². The Morgan fingerprint density at radius 1 is 1.18 bits per heavy atom. The van der Waals surface area contributed by atoms with Gasteiger partial charge in [-0.25, -0.2) is 0 Å². The summed E-state index contributed by atoms with van der Waals surface area (Å²) in [5, 5.41) is 14.8. The summed E-state index contributed by atoms with van der Waals surface area (Å²) in [4.78, 5) is 41.9. The Hall–Kier alpha value is -3.56. The number of aromatic amines is 1. The van der Waals surface area contributed by atoms with E-state index in [0.717, 1.165) is 22.0 Å². The Labute approximate surface area is 197 Å². The van der Waals surface area contributed by atoms with E-state index < -0.39 is 17.9 Å². The third-order valence-electron chi connectivity index (χ3n) is 5.67. The van der Waals surface area contributed by atoms with Gasteiger partial charge in [0.25, 0.3) is 5.91 Å². The number of Topliss-reactive ketones (excluding diaryl/α,β-unsaturated/α-hetero) is 1. The van der Waals surface area contributed by atoms with E-state index in [0.29, 0.717) is 22.3 Å². The standard InChI is InChI=1S/C23H18ClN5O3S/c24-14-5-6-17-13(7-14)9-19(26-17)22(32)27-18-8-12-3-1-2-4-15(12)16(21(18)31)10-20(30)28-23-29-25-11-33-23/h1-7,9,11,16,18,26H,8,10H2,(H,27,32)(H,28,29,30). The summed E-state index contributed by atoms with van der Waals surface area (Å²) in [6.45, 7) is 0. The number of aromatic nitrogens is 3. The van der Waals surface area contributed by atoms with Gasteiger partial charge in [-0.3, -0.25) is 14.4 Å². The molecule has 166 valence electrons. The Morgan fingerprint density at radius 2 is 2.03 bits per heavy atom. The summed E-state index contributed by atoms with van der Waals surface area (Å²) in [7, 11) is 0. The Balaban J connectivity index is 1.37. The molecule has 0 bridgehead atoms. The van der Waals surface area contributed by atoms with Gasteiger partial charge in [-0.2, -0.15) is 0 Å². The van der Waals surface area contributed by atoms with Gasteiger partial charge in [-0.05, 0) is 35.4 Å². The molecule has 0 saturated heterocycles. The fraction of sp³-hybridized carbons (Fsp3) is 0.174. The molecule has 0 radical (unpaired) electrons. The number of fused-ring (bicyclic) bond motifs is 2. The largest absolute Gasteiger partial charge is 0.351 e. The zero-order valence-electron chi connectivity index (χ0n) is 17.2. The molecule has 0 saturated carbocycles. The van der Waals surface area contributed by atoms with Crippen molar-refractivity contribution in [3.05, 3.63) is 75.9 Å². The molecular weight excluding hydrogens is 462 g/mol. The van der Waals surface area contributed by atoms with Crippen LogP contribution in [-0.2, 0) is 16.0 Å². The van der Waals surface area contributed by atoms with Crippen molar-refractivity contribution in [2.75, 3.05) is 5.32 Å². The van der Waals surface area contributed by atoms with Gasteiger partial charge in [0.05, 0.1) is 12.0 Å². The Bertz CT molecular complexity index is 1370. The summed E-state index contributed by atoms with van der Waals surface area (Å²) in [5.74, 6) is -1.60. The second kappa shape index (κ2) is 8.76. The molecule has 0 spiro atoms. The van der Waals surface area contributed by atoms with Gasteiger partial charge >= 0.3 is 0 Å². The fourth-order valence-electron chi connectivity index (χ4n) is 4.15. The zero-order valence-corrected chi connectivity index (χ0v) is 18.7. The number of nitrogens with one attached hydrogen (secondary N) is 3. The number of ketones is 1. The topological polar surface area (TPSA) is 117 Å². The number of carbonyl (C=O) groups excluding carboxylic acids is 3. The van der Waals surface area contributed by atoms with Crippen molar-refractivity contribution in [1.82, 2.24) is 20.5 Å². The lowest BCUT2D eigenvalue weighted by Gasteiger charge is -2.30. The minimum atomic E-state index is -0.748. The van der Waals surface area contributed by atoms with E-state index in [2.05, 4.69) is 25.8 Å². The smallest absolute Gasteiger partial charge is 0.268 e. The van der Waals surface area contributed by atoms with Crippen LogP contribution in [0.25, 0.3) is 10.9 Å². The first kappa shape index (κ1) is 21.3. The molecule has 0 fully saturated rings. The molecule has 2 atom stereocenters. The lowest BCUT2D eigenvalue weighted by Crippen LogP contribution is -2.47. The van der Waals surface area contributed by atoms with E-state index in [4.69, 9.17) is 11.6 Å². The Kier molecular flexibility index (Phi) is 5.65. The average Bonchev–Trinajstić information content (AvgIpc) is 3.46. The SMILES string of the molecule is O=C(CC1C(=O)C(NC(=O)c2cc3cc(Cl)ccc3[nH]2)Cc2ccccc21)Nc1nncs1. The molecule has 2 aromatic heterocycles. The predicted molar refractivity (Wildman–Crippen MR) is 126 cm³/mol. The summed E-state index contributed by atoms with van der Waals surface area (Å²) >= 11 is 7.23. The number of anilines is 1. The number of halogens is 1. The minimum absolute atomic E-state index is 0.0489. The Morgan fingerprint density at radius 3 is 2.85 bits per heavy atom. The van der Waals surface area contributed by atoms with Crippen LogP contribution in [-0.4, -0.2) is 38.8 Å². The molecule has 0 aliphatic heterocycles. The van der Waals surface area contributed by atoms with Gasteiger partial charge in [-0.15, -0.1) is 10.2 Å². The van der Waals surface area contributed by atoms with Crippen molar-refractivity contribution in [3.63, 3.8) is 0 Å². The highest BCUT2D eigenvalue weighted by Gasteiger charge is 2.37. The maximum Gasteiger partial charge on any atom is 0.268 e. The first-order valence-electron chi connectivity index (χ1n) is 10.2. The van der Waals surface area contributed by atoms with Gasteiger partial charge in [0.15, 0.2) is 5.78 Å². The molecule has 3 N–H and O–H groups in total. The molecule has 1 aliphatic carbocycles. The molecule has 2 heterocycles. The van der Waals surface area contributed by atoms with E-state index in [1.807, 2.05) is 24.3 Å². The highest BCUT2D eigenvalue weighted by molar-refractivity contribution is 7.13. The van der Waals surface area contributed by atoms with Crippen LogP contribution in [0.2, 0.25) is 5.02 Å². The monoisotopic (exact) mass is 479 g/mol. The average molecular weight is 480 g/mol. The number of rotatable bonds is 5. The second-order valence-electron chi connectivity index (χ2n) is 7.79. The van der Waals surface area contributed by atoms with Crippen LogP contribution >= 0.6 is 22.9 Å². The number of hydrogen-bond donors (Lipinski definition) is 3. The molecule has 1 aliphatic rings. The molecular formula is C23H18ClN5O3S. The molecule has 4 aromatic rings. The lowest BCUT2D eigenvalue weighted by molar-refractivity contribution is -0.126. The number of hydrogen-bond acceptors (Lipinski definition) is 6. The van der Waals surface area contributed by atoms with E-state index in [9.17, 15) is 14.4 Å². The minimum Gasteiger partial charge on any atom is -0.351 e. The molecule has 10 heteroatoms. The normalized spacial score (nSPS) is 17.5. The summed E-state index contributed by atoms with van der Waals surface area (Å²) in [6, 6.07) is 13.7. The first-order valence-corrected chi connectivity index (χ1v) is 11.5. The number of H-pyrrole nitrogens is 1. The predicted octanol–water partition coefficient (Wildman–Crippen LogP) is 3.71. The van der Waals surface area contributed by atoms with Crippen molar-refractivity contribution in [2.24, 2.45) is 0 Å². The molecule has 2 unspecified atom stereocenters. The quantitative estimate of drug-likeness (QED) is 0.403. The highest BCUT2D eigenvalue weighted by atomic mass is 35.5. The van der Waals surface area contributed by atoms with Gasteiger partial charge in [-0.1, -0.05) is 47.2 Å². The molecule has 33 heavy (non-hydrogen) atoms. The van der Waals surface area contributed by atoms with Gasteiger partial charge in [0.1, 0.15) is 11.2 Å². The van der Waals surface area contributed by atoms with Crippen molar-refractivity contribution < 1.29 is 14.4 Å². The third kappa shape index (κ3) is 4.37. The maximum absolute atomic E-state index is 13.4. The summed E-state index contributed by atoms with van der Waals surface area (Å²) in [6.07, 6.45) is 0.313. The zero-order chi connectivity index (χ0) is 22.9. The maximum atomic E-state index is 13.4. The van der Waals surface area contributed by atoms with Crippen molar-refractivity contribution >= 4 is 56.6 Å². The second-order valence-corrected chi connectivity index (χ2v) is 9.06. The fourth-order valence-corrected chi connectivity index (χ4v) is 4.80. The number of benzene rings is 2. The number of amides is 2. The van der Waals surface area contributed by atoms with Gasteiger partial charge in [0.2, 0.25) is 11.0 Å². The molecule has 2 aromatic carbocycles. The van der Waals surface area contributed by atoms with Crippen molar-refractivity contribution in [1.29, 1.82) is 0 Å². The molecule has 2 amide bonds. The van der Waals surface area contributed by atoms with E-state index in [1.165, 1.54) is 16.8 Å².